The van der Waals surface area contributed by atoms with Crippen LogP contribution in [0.5, 0.6) is 0 Å². The summed E-state index contributed by atoms with van der Waals surface area (Å²) in [5.74, 6) is 1.20. The molecule has 1 aliphatic heterocycles. The fraction of sp³-hybridized carbons (Fsp3) is 0.250. The number of anilines is 1. The van der Waals surface area contributed by atoms with Crippen molar-refractivity contribution in [3.8, 4) is 0 Å². The molecule has 1 aliphatic rings. The number of hydrogen-bond donors (Lipinski definition) is 1. The number of benzene rings is 1. The molecule has 4 heterocycles. The maximum atomic E-state index is 12.8. The quantitative estimate of drug-likeness (QED) is 0.557. The first-order valence-electron chi connectivity index (χ1n) is 9.41. The van der Waals surface area contributed by atoms with Gasteiger partial charge in [0.15, 0.2) is 5.01 Å². The van der Waals surface area contributed by atoms with E-state index in [0.29, 0.717) is 36.3 Å². The number of carbonyl (C=O) groups excluding carboxylic acids is 1. The SMILES string of the molecule is Nc1nc(CN2CCN(C(=O)c3nc4cnccc4s3)CC2)nc2ccccc12. The van der Waals surface area contributed by atoms with Crippen molar-refractivity contribution < 1.29 is 4.79 Å². The summed E-state index contributed by atoms with van der Waals surface area (Å²) >= 11 is 1.42. The monoisotopic (exact) mass is 405 g/mol. The Morgan fingerprint density at radius 3 is 2.69 bits per heavy atom. The molecule has 0 aliphatic carbocycles. The number of para-hydroxylation sites is 1. The molecular formula is C20H19N7OS. The normalized spacial score (nSPS) is 15.2. The van der Waals surface area contributed by atoms with E-state index in [0.717, 1.165) is 34.2 Å². The number of nitrogen functional groups attached to an aromatic ring is 1. The van der Waals surface area contributed by atoms with E-state index in [-0.39, 0.29) is 5.91 Å². The van der Waals surface area contributed by atoms with Gasteiger partial charge in [-0.25, -0.2) is 15.0 Å². The Bertz CT molecular complexity index is 1170. The zero-order chi connectivity index (χ0) is 19.8. The minimum Gasteiger partial charge on any atom is -0.383 e. The van der Waals surface area contributed by atoms with Crippen molar-refractivity contribution in [2.45, 2.75) is 6.54 Å². The molecule has 4 aromatic rings. The van der Waals surface area contributed by atoms with Crippen LogP contribution in [0.2, 0.25) is 0 Å². The summed E-state index contributed by atoms with van der Waals surface area (Å²) in [6.07, 6.45) is 3.41. The third-order valence-corrected chi connectivity index (χ3v) is 6.10. The second kappa shape index (κ2) is 7.34. The Balaban J connectivity index is 1.25. The van der Waals surface area contributed by atoms with Crippen molar-refractivity contribution >= 4 is 44.2 Å². The number of thiazole rings is 1. The van der Waals surface area contributed by atoms with Gasteiger partial charge >= 0.3 is 0 Å². The summed E-state index contributed by atoms with van der Waals surface area (Å²) in [5.41, 5.74) is 7.71. The fourth-order valence-corrected chi connectivity index (χ4v) is 4.44. The second-order valence-electron chi connectivity index (χ2n) is 6.97. The van der Waals surface area contributed by atoms with Gasteiger partial charge in [-0.15, -0.1) is 11.3 Å². The highest BCUT2D eigenvalue weighted by atomic mass is 32.1. The highest BCUT2D eigenvalue weighted by Crippen LogP contribution is 2.23. The maximum Gasteiger partial charge on any atom is 0.282 e. The number of nitrogens with zero attached hydrogens (tertiary/aromatic N) is 6. The molecule has 0 atom stereocenters. The molecule has 1 amide bonds. The molecule has 29 heavy (non-hydrogen) atoms. The molecule has 0 radical (unpaired) electrons. The number of pyridine rings is 1. The second-order valence-corrected chi connectivity index (χ2v) is 8.00. The number of carbonyl (C=O) groups is 1. The van der Waals surface area contributed by atoms with Gasteiger partial charge in [-0.05, 0) is 18.2 Å². The first kappa shape index (κ1) is 17.9. The van der Waals surface area contributed by atoms with E-state index in [1.165, 1.54) is 11.3 Å². The molecule has 0 spiro atoms. The summed E-state index contributed by atoms with van der Waals surface area (Å²) in [4.78, 5) is 34.5. The Hall–Kier alpha value is -3.17. The summed E-state index contributed by atoms with van der Waals surface area (Å²) in [6, 6.07) is 9.63. The van der Waals surface area contributed by atoms with Gasteiger partial charge in [-0.1, -0.05) is 12.1 Å². The molecule has 5 rings (SSSR count). The van der Waals surface area contributed by atoms with Crippen molar-refractivity contribution in [3.05, 3.63) is 53.6 Å². The molecule has 2 N–H and O–H groups in total. The van der Waals surface area contributed by atoms with E-state index in [9.17, 15) is 4.79 Å². The average Bonchev–Trinajstić information content (AvgIpc) is 3.18. The van der Waals surface area contributed by atoms with E-state index in [4.69, 9.17) is 5.73 Å². The Labute approximate surface area is 171 Å². The highest BCUT2D eigenvalue weighted by Gasteiger charge is 2.25. The molecule has 1 saturated heterocycles. The van der Waals surface area contributed by atoms with E-state index in [1.54, 1.807) is 12.4 Å². The van der Waals surface area contributed by atoms with Crippen LogP contribution in [0.1, 0.15) is 15.6 Å². The third kappa shape index (κ3) is 3.50. The summed E-state index contributed by atoms with van der Waals surface area (Å²) in [7, 11) is 0. The fourth-order valence-electron chi connectivity index (χ4n) is 3.54. The largest absolute Gasteiger partial charge is 0.383 e. The van der Waals surface area contributed by atoms with Gasteiger partial charge < -0.3 is 10.6 Å². The van der Waals surface area contributed by atoms with E-state index in [1.807, 2.05) is 35.2 Å². The van der Waals surface area contributed by atoms with Crippen LogP contribution in [0.25, 0.3) is 21.1 Å². The molecule has 0 saturated carbocycles. The van der Waals surface area contributed by atoms with E-state index >= 15 is 0 Å². The first-order chi connectivity index (χ1) is 14.2. The van der Waals surface area contributed by atoms with Crippen LogP contribution in [0.3, 0.4) is 0 Å². The highest BCUT2D eigenvalue weighted by molar-refractivity contribution is 7.20. The lowest BCUT2D eigenvalue weighted by Gasteiger charge is -2.33. The molecular weight excluding hydrogens is 386 g/mol. The smallest absolute Gasteiger partial charge is 0.282 e. The summed E-state index contributed by atoms with van der Waals surface area (Å²) < 4.78 is 0.980. The molecule has 1 aromatic carbocycles. The van der Waals surface area contributed by atoms with Crippen LogP contribution < -0.4 is 5.73 Å². The van der Waals surface area contributed by atoms with Crippen molar-refractivity contribution in [2.75, 3.05) is 31.9 Å². The lowest BCUT2D eigenvalue weighted by Crippen LogP contribution is -2.48. The number of nitrogens with two attached hydrogens (primary N) is 1. The summed E-state index contributed by atoms with van der Waals surface area (Å²) in [5, 5.41) is 1.39. The minimum absolute atomic E-state index is 0.0166. The summed E-state index contributed by atoms with van der Waals surface area (Å²) in [6.45, 7) is 3.43. The number of hydrogen-bond acceptors (Lipinski definition) is 8. The predicted octanol–water partition coefficient (Wildman–Crippen LogP) is 2.17. The van der Waals surface area contributed by atoms with Crippen molar-refractivity contribution in [3.63, 3.8) is 0 Å². The van der Waals surface area contributed by atoms with Gasteiger partial charge in [0.05, 0.1) is 23.0 Å². The zero-order valence-electron chi connectivity index (χ0n) is 15.7. The van der Waals surface area contributed by atoms with Crippen LogP contribution in [0, 0.1) is 0 Å². The standard InChI is InChI=1S/C20H19N7OS/c21-18-13-3-1-2-4-14(13)23-17(25-18)12-26-7-9-27(10-8-26)20(28)19-24-15-11-22-6-5-16(15)29-19/h1-6,11H,7-10,12H2,(H2,21,23,25). The van der Waals surface area contributed by atoms with Gasteiger partial charge in [-0.3, -0.25) is 14.7 Å². The maximum absolute atomic E-state index is 12.8. The zero-order valence-corrected chi connectivity index (χ0v) is 16.5. The molecule has 146 valence electrons. The van der Waals surface area contributed by atoms with E-state index in [2.05, 4.69) is 24.8 Å². The average molecular weight is 405 g/mol. The molecule has 0 bridgehead atoms. The van der Waals surface area contributed by atoms with Gasteiger partial charge in [0, 0.05) is 37.8 Å². The number of rotatable bonds is 3. The van der Waals surface area contributed by atoms with E-state index < -0.39 is 0 Å². The van der Waals surface area contributed by atoms with Crippen molar-refractivity contribution in [1.29, 1.82) is 0 Å². The molecule has 3 aromatic heterocycles. The van der Waals surface area contributed by atoms with Gasteiger partial charge in [0.1, 0.15) is 17.2 Å². The van der Waals surface area contributed by atoms with Gasteiger partial charge in [-0.2, -0.15) is 0 Å². The Morgan fingerprint density at radius 1 is 1.03 bits per heavy atom. The van der Waals surface area contributed by atoms with Crippen LogP contribution in [-0.4, -0.2) is 61.8 Å². The molecule has 8 nitrogen and oxygen atoms in total. The number of piperazine rings is 1. The number of amides is 1. The van der Waals surface area contributed by atoms with Crippen LogP contribution in [0.15, 0.2) is 42.7 Å². The molecule has 0 unspecified atom stereocenters. The van der Waals surface area contributed by atoms with Crippen molar-refractivity contribution in [2.24, 2.45) is 0 Å². The van der Waals surface area contributed by atoms with Gasteiger partial charge in [0.2, 0.25) is 0 Å². The third-order valence-electron chi connectivity index (χ3n) is 5.08. The number of aromatic nitrogens is 4. The van der Waals surface area contributed by atoms with Crippen LogP contribution in [0.4, 0.5) is 5.82 Å². The topological polar surface area (TPSA) is 101 Å². The number of fused-ring (bicyclic) bond motifs is 2. The van der Waals surface area contributed by atoms with Crippen LogP contribution in [-0.2, 0) is 6.54 Å². The predicted molar refractivity (Wildman–Crippen MR) is 113 cm³/mol. The lowest BCUT2D eigenvalue weighted by atomic mass is 10.2. The first-order valence-corrected chi connectivity index (χ1v) is 10.2. The Morgan fingerprint density at radius 2 is 1.86 bits per heavy atom. The molecule has 9 heteroatoms. The van der Waals surface area contributed by atoms with Crippen molar-refractivity contribution in [1.82, 2.24) is 29.7 Å². The van der Waals surface area contributed by atoms with Crippen LogP contribution >= 0.6 is 11.3 Å². The Kier molecular flexibility index (Phi) is 4.53. The molecule has 1 fully saturated rings. The van der Waals surface area contributed by atoms with Gasteiger partial charge in [0.25, 0.3) is 5.91 Å². The lowest BCUT2D eigenvalue weighted by molar-refractivity contribution is 0.0625. The minimum atomic E-state index is -0.0166.